The van der Waals surface area contributed by atoms with Crippen LogP contribution >= 0.6 is 0 Å². The van der Waals surface area contributed by atoms with Gasteiger partial charge in [-0.15, -0.1) is 11.8 Å². The second-order valence-electron chi connectivity index (χ2n) is 5.35. The molecule has 0 aromatic carbocycles. The Balaban J connectivity index is 2.52. The molecule has 0 bridgehead atoms. The molecule has 2 unspecified atom stereocenters. The van der Waals surface area contributed by atoms with Crippen molar-refractivity contribution < 1.29 is 0 Å². The molecule has 1 saturated carbocycles. The van der Waals surface area contributed by atoms with Gasteiger partial charge in [0.1, 0.15) is 0 Å². The van der Waals surface area contributed by atoms with E-state index in [0.717, 1.165) is 12.3 Å². The Bertz CT molecular complexity index is 244. The van der Waals surface area contributed by atoms with Gasteiger partial charge in [0.25, 0.3) is 0 Å². The fourth-order valence-corrected chi connectivity index (χ4v) is 3.00. The number of hydrogen-bond donors (Lipinski definition) is 1. The highest BCUT2D eigenvalue weighted by atomic mass is 14.9. The van der Waals surface area contributed by atoms with Gasteiger partial charge in [-0.3, -0.25) is 0 Å². The Morgan fingerprint density at radius 3 is 2.67 bits per heavy atom. The molecule has 0 heterocycles. The van der Waals surface area contributed by atoms with E-state index in [4.69, 9.17) is 0 Å². The molecule has 1 N–H and O–H groups in total. The molecule has 1 heteroatoms. The van der Waals surface area contributed by atoms with Crippen molar-refractivity contribution in [2.75, 3.05) is 7.05 Å². The first-order chi connectivity index (χ1) is 7.11. The van der Waals surface area contributed by atoms with Crippen LogP contribution in [-0.4, -0.2) is 13.1 Å². The zero-order chi connectivity index (χ0) is 11.3. The normalized spacial score (nSPS) is 25.7. The molecule has 1 aliphatic carbocycles. The number of nitrogens with one attached hydrogen (secondary N) is 1. The fraction of sp³-hybridized carbons (Fsp3) is 0.857. The van der Waals surface area contributed by atoms with Gasteiger partial charge in [0.05, 0.1) is 0 Å². The molecule has 15 heavy (non-hydrogen) atoms. The molecular weight excluding hydrogens is 182 g/mol. The molecule has 0 radical (unpaired) electrons. The molecule has 0 aliphatic heterocycles. The van der Waals surface area contributed by atoms with Gasteiger partial charge in [-0.05, 0) is 44.6 Å². The maximum absolute atomic E-state index is 3.49. The topological polar surface area (TPSA) is 12.0 Å². The van der Waals surface area contributed by atoms with E-state index in [-0.39, 0.29) is 0 Å². The lowest BCUT2D eigenvalue weighted by molar-refractivity contribution is 0.196. The summed E-state index contributed by atoms with van der Waals surface area (Å²) in [5, 5.41) is 3.49. The van der Waals surface area contributed by atoms with Crippen molar-refractivity contribution in [3.05, 3.63) is 0 Å². The average Bonchev–Trinajstić information content (AvgIpc) is 2.53. The van der Waals surface area contributed by atoms with Crippen molar-refractivity contribution in [1.82, 2.24) is 5.32 Å². The van der Waals surface area contributed by atoms with Gasteiger partial charge in [0.15, 0.2) is 0 Å². The van der Waals surface area contributed by atoms with E-state index in [9.17, 15) is 0 Å². The lowest BCUT2D eigenvalue weighted by Gasteiger charge is -2.33. The molecule has 0 aromatic heterocycles. The molecule has 1 nitrogen and oxygen atoms in total. The molecule has 0 spiro atoms. The SMILES string of the molecule is CC#CCCC(NC)C1CCCC1(C)C. The monoisotopic (exact) mass is 207 g/mol. The third-order valence-corrected chi connectivity index (χ3v) is 3.95. The van der Waals surface area contributed by atoms with E-state index in [0.29, 0.717) is 11.5 Å². The van der Waals surface area contributed by atoms with E-state index >= 15 is 0 Å². The van der Waals surface area contributed by atoms with E-state index in [2.05, 4.69) is 38.1 Å². The summed E-state index contributed by atoms with van der Waals surface area (Å²) >= 11 is 0. The predicted molar refractivity (Wildman–Crippen MR) is 66.7 cm³/mol. The third-order valence-electron chi connectivity index (χ3n) is 3.95. The largest absolute Gasteiger partial charge is 0.317 e. The second kappa shape index (κ2) is 5.56. The van der Waals surface area contributed by atoms with Crippen LogP contribution in [0.25, 0.3) is 0 Å². The summed E-state index contributed by atoms with van der Waals surface area (Å²) in [6.07, 6.45) is 6.41. The Morgan fingerprint density at radius 1 is 1.47 bits per heavy atom. The summed E-state index contributed by atoms with van der Waals surface area (Å²) < 4.78 is 0. The zero-order valence-electron chi connectivity index (χ0n) is 10.7. The van der Waals surface area contributed by atoms with Gasteiger partial charge in [0, 0.05) is 12.5 Å². The summed E-state index contributed by atoms with van der Waals surface area (Å²) in [6, 6.07) is 0.656. The van der Waals surface area contributed by atoms with Crippen molar-refractivity contribution >= 4 is 0 Å². The Hall–Kier alpha value is -0.480. The van der Waals surface area contributed by atoms with Crippen LogP contribution < -0.4 is 5.32 Å². The van der Waals surface area contributed by atoms with Crippen LogP contribution in [0.1, 0.15) is 52.9 Å². The van der Waals surface area contributed by atoms with Crippen molar-refractivity contribution in [2.45, 2.75) is 58.9 Å². The maximum Gasteiger partial charge on any atom is 0.0106 e. The molecule has 2 atom stereocenters. The number of rotatable bonds is 4. The van der Waals surface area contributed by atoms with Crippen molar-refractivity contribution in [2.24, 2.45) is 11.3 Å². The van der Waals surface area contributed by atoms with Gasteiger partial charge < -0.3 is 5.32 Å². The van der Waals surface area contributed by atoms with E-state index in [1.54, 1.807) is 0 Å². The summed E-state index contributed by atoms with van der Waals surface area (Å²) in [5.41, 5.74) is 0.521. The van der Waals surface area contributed by atoms with E-state index < -0.39 is 0 Å². The van der Waals surface area contributed by atoms with Gasteiger partial charge in [-0.1, -0.05) is 20.3 Å². The molecule has 86 valence electrons. The standard InChI is InChI=1S/C14H25N/c1-5-6-7-10-13(15-4)12-9-8-11-14(12,2)3/h12-13,15H,7-11H2,1-4H3. The first-order valence-corrected chi connectivity index (χ1v) is 6.18. The Labute approximate surface area is 95.0 Å². The van der Waals surface area contributed by atoms with Gasteiger partial charge >= 0.3 is 0 Å². The Kier molecular flexibility index (Phi) is 4.67. The average molecular weight is 207 g/mol. The molecular formula is C14H25N. The highest BCUT2D eigenvalue weighted by Gasteiger charge is 2.38. The molecule has 1 rings (SSSR count). The minimum atomic E-state index is 0.521. The minimum absolute atomic E-state index is 0.521. The summed E-state index contributed by atoms with van der Waals surface area (Å²) in [6.45, 7) is 6.76. The first-order valence-electron chi connectivity index (χ1n) is 6.18. The third kappa shape index (κ3) is 3.24. The van der Waals surface area contributed by atoms with Crippen molar-refractivity contribution in [3.63, 3.8) is 0 Å². The maximum atomic E-state index is 3.49. The van der Waals surface area contributed by atoms with E-state index in [1.165, 1.54) is 25.7 Å². The molecule has 0 amide bonds. The molecule has 0 saturated heterocycles. The van der Waals surface area contributed by atoms with Crippen molar-refractivity contribution in [3.8, 4) is 11.8 Å². The van der Waals surface area contributed by atoms with Crippen LogP contribution in [0.4, 0.5) is 0 Å². The summed E-state index contributed by atoms with van der Waals surface area (Å²) in [4.78, 5) is 0. The smallest absolute Gasteiger partial charge is 0.0106 e. The molecule has 0 aromatic rings. The quantitative estimate of drug-likeness (QED) is 0.698. The first kappa shape index (κ1) is 12.6. The van der Waals surface area contributed by atoms with Crippen LogP contribution in [0.2, 0.25) is 0 Å². The van der Waals surface area contributed by atoms with Crippen LogP contribution in [0.3, 0.4) is 0 Å². The van der Waals surface area contributed by atoms with Crippen molar-refractivity contribution in [1.29, 1.82) is 0 Å². The summed E-state index contributed by atoms with van der Waals surface area (Å²) in [5.74, 6) is 6.99. The van der Waals surface area contributed by atoms with Crippen LogP contribution in [0.15, 0.2) is 0 Å². The van der Waals surface area contributed by atoms with Gasteiger partial charge in [0.2, 0.25) is 0 Å². The molecule has 1 aliphatic rings. The van der Waals surface area contributed by atoms with Gasteiger partial charge in [-0.2, -0.15) is 0 Å². The fourth-order valence-electron chi connectivity index (χ4n) is 3.00. The van der Waals surface area contributed by atoms with Crippen LogP contribution in [-0.2, 0) is 0 Å². The highest BCUT2D eigenvalue weighted by molar-refractivity contribution is 4.98. The van der Waals surface area contributed by atoms with E-state index in [1.807, 2.05) is 6.92 Å². The number of hydrogen-bond acceptors (Lipinski definition) is 1. The molecule has 1 fully saturated rings. The summed E-state index contributed by atoms with van der Waals surface area (Å²) in [7, 11) is 2.10. The minimum Gasteiger partial charge on any atom is -0.317 e. The zero-order valence-corrected chi connectivity index (χ0v) is 10.7. The van der Waals surface area contributed by atoms with Crippen LogP contribution in [0, 0.1) is 23.2 Å². The lowest BCUT2D eigenvalue weighted by Crippen LogP contribution is -2.38. The predicted octanol–water partition coefficient (Wildman–Crippen LogP) is 3.20. The van der Waals surface area contributed by atoms with Crippen LogP contribution in [0.5, 0.6) is 0 Å². The van der Waals surface area contributed by atoms with Gasteiger partial charge in [-0.25, -0.2) is 0 Å². The highest BCUT2D eigenvalue weighted by Crippen LogP contribution is 2.45. The lowest BCUT2D eigenvalue weighted by atomic mass is 9.76. The second-order valence-corrected chi connectivity index (χ2v) is 5.35. The Morgan fingerprint density at radius 2 is 2.20 bits per heavy atom.